The third-order valence-corrected chi connectivity index (χ3v) is 3.68. The van der Waals surface area contributed by atoms with Gasteiger partial charge in [0, 0.05) is 0 Å². The van der Waals surface area contributed by atoms with E-state index in [0.717, 1.165) is 26.2 Å². The van der Waals surface area contributed by atoms with Crippen LogP contribution in [0.1, 0.15) is 27.7 Å². The largest absolute Gasteiger partial charge is 0.378 e. The molecule has 0 spiro atoms. The summed E-state index contributed by atoms with van der Waals surface area (Å²) in [6.07, 6.45) is 3.96. The van der Waals surface area contributed by atoms with Crippen LogP contribution in [0.4, 0.5) is 0 Å². The molecule has 0 N–H and O–H groups in total. The zero-order chi connectivity index (χ0) is 14.7. The third kappa shape index (κ3) is 6.37. The number of hydrogen-bond donors (Lipinski definition) is 0. The van der Waals surface area contributed by atoms with Crippen LogP contribution in [-0.4, -0.2) is 61.3 Å². The molecule has 0 saturated heterocycles. The van der Waals surface area contributed by atoms with Crippen LogP contribution in [0.5, 0.6) is 0 Å². The van der Waals surface area contributed by atoms with Crippen molar-refractivity contribution in [3.8, 4) is 0 Å². The molecule has 0 aliphatic rings. The molecular formula is C16H32N2O. The molecule has 3 nitrogen and oxygen atoms in total. The first kappa shape index (κ1) is 18.4. The maximum absolute atomic E-state index is 5.88. The molecule has 0 aromatic rings. The standard InChI is InChI=1S/C16H32N2O/c1-7-15(17(9-3)10-4)13-19-14-16(8-2)18(11-5)12-6/h7-8,15-16H,1-2,9-14H2,3-6H3. The topological polar surface area (TPSA) is 15.7 Å². The highest BCUT2D eigenvalue weighted by molar-refractivity contribution is 4.89. The van der Waals surface area contributed by atoms with Crippen LogP contribution < -0.4 is 0 Å². The van der Waals surface area contributed by atoms with Gasteiger partial charge in [0.2, 0.25) is 0 Å². The molecule has 0 amide bonds. The van der Waals surface area contributed by atoms with Gasteiger partial charge < -0.3 is 4.74 Å². The summed E-state index contributed by atoms with van der Waals surface area (Å²) in [5, 5.41) is 0. The number of likely N-dealkylation sites (N-methyl/N-ethyl adjacent to an activating group) is 2. The van der Waals surface area contributed by atoms with Crippen molar-refractivity contribution in [2.75, 3.05) is 39.4 Å². The minimum Gasteiger partial charge on any atom is -0.378 e. The van der Waals surface area contributed by atoms with Gasteiger partial charge in [-0.25, -0.2) is 0 Å². The minimum atomic E-state index is 0.303. The molecular weight excluding hydrogens is 236 g/mol. The van der Waals surface area contributed by atoms with Crippen LogP contribution >= 0.6 is 0 Å². The normalized spacial score (nSPS) is 14.6. The summed E-state index contributed by atoms with van der Waals surface area (Å²) >= 11 is 0. The van der Waals surface area contributed by atoms with Crippen molar-refractivity contribution in [3.63, 3.8) is 0 Å². The van der Waals surface area contributed by atoms with Gasteiger partial charge >= 0.3 is 0 Å². The average molecular weight is 268 g/mol. The summed E-state index contributed by atoms with van der Waals surface area (Å²) < 4.78 is 5.88. The molecule has 0 heterocycles. The van der Waals surface area contributed by atoms with Gasteiger partial charge in [-0.15, -0.1) is 13.2 Å². The van der Waals surface area contributed by atoms with Gasteiger partial charge in [-0.05, 0) is 26.2 Å². The third-order valence-electron chi connectivity index (χ3n) is 3.68. The Kier molecular flexibility index (Phi) is 10.8. The molecule has 0 saturated carbocycles. The Morgan fingerprint density at radius 2 is 1.11 bits per heavy atom. The summed E-state index contributed by atoms with van der Waals surface area (Å²) in [4.78, 5) is 4.71. The fourth-order valence-corrected chi connectivity index (χ4v) is 2.34. The van der Waals surface area contributed by atoms with Crippen LogP contribution in [0.3, 0.4) is 0 Å². The molecule has 3 heteroatoms. The van der Waals surface area contributed by atoms with Crippen molar-refractivity contribution in [3.05, 3.63) is 25.3 Å². The van der Waals surface area contributed by atoms with Crippen molar-refractivity contribution in [1.82, 2.24) is 9.80 Å². The van der Waals surface area contributed by atoms with E-state index in [1.165, 1.54) is 0 Å². The summed E-state index contributed by atoms with van der Waals surface area (Å²) in [6, 6.07) is 0.606. The molecule has 0 rings (SSSR count). The lowest BCUT2D eigenvalue weighted by atomic mass is 10.2. The van der Waals surface area contributed by atoms with E-state index in [1.54, 1.807) is 0 Å². The van der Waals surface area contributed by atoms with E-state index in [2.05, 4.69) is 50.7 Å². The van der Waals surface area contributed by atoms with E-state index >= 15 is 0 Å². The summed E-state index contributed by atoms with van der Waals surface area (Å²) in [5.74, 6) is 0. The highest BCUT2D eigenvalue weighted by atomic mass is 16.5. The number of hydrogen-bond acceptors (Lipinski definition) is 3. The second-order valence-electron chi connectivity index (χ2n) is 4.59. The van der Waals surface area contributed by atoms with Gasteiger partial charge in [-0.3, -0.25) is 9.80 Å². The lowest BCUT2D eigenvalue weighted by Gasteiger charge is -2.30. The van der Waals surface area contributed by atoms with Gasteiger partial charge in [0.1, 0.15) is 0 Å². The second-order valence-corrected chi connectivity index (χ2v) is 4.59. The Morgan fingerprint density at radius 3 is 1.32 bits per heavy atom. The van der Waals surface area contributed by atoms with Crippen molar-refractivity contribution in [2.24, 2.45) is 0 Å². The molecule has 2 unspecified atom stereocenters. The molecule has 2 atom stereocenters. The zero-order valence-electron chi connectivity index (χ0n) is 13.3. The van der Waals surface area contributed by atoms with Gasteiger partial charge in [-0.1, -0.05) is 39.8 Å². The second kappa shape index (κ2) is 11.2. The highest BCUT2D eigenvalue weighted by Crippen LogP contribution is 2.05. The van der Waals surface area contributed by atoms with Crippen LogP contribution in [0.25, 0.3) is 0 Å². The van der Waals surface area contributed by atoms with Crippen LogP contribution in [0, 0.1) is 0 Å². The summed E-state index contributed by atoms with van der Waals surface area (Å²) in [6.45, 7) is 22.0. The number of rotatable bonds is 12. The number of nitrogens with zero attached hydrogens (tertiary/aromatic N) is 2. The fraction of sp³-hybridized carbons (Fsp3) is 0.750. The first-order valence-corrected chi connectivity index (χ1v) is 7.49. The van der Waals surface area contributed by atoms with Crippen molar-refractivity contribution < 1.29 is 4.74 Å². The van der Waals surface area contributed by atoms with E-state index in [-0.39, 0.29) is 0 Å². The summed E-state index contributed by atoms with van der Waals surface area (Å²) in [5.41, 5.74) is 0. The predicted octanol–water partition coefficient (Wildman–Crippen LogP) is 2.80. The summed E-state index contributed by atoms with van der Waals surface area (Å²) in [7, 11) is 0. The fourth-order valence-electron chi connectivity index (χ4n) is 2.34. The van der Waals surface area contributed by atoms with E-state index in [9.17, 15) is 0 Å². The Hall–Kier alpha value is -0.640. The lowest BCUT2D eigenvalue weighted by Crippen LogP contribution is -2.40. The Labute approximate surface area is 119 Å². The monoisotopic (exact) mass is 268 g/mol. The smallest absolute Gasteiger partial charge is 0.0658 e. The number of ether oxygens (including phenoxy) is 1. The molecule has 112 valence electrons. The van der Waals surface area contributed by atoms with Gasteiger partial charge in [0.05, 0.1) is 25.3 Å². The van der Waals surface area contributed by atoms with E-state index < -0.39 is 0 Å². The predicted molar refractivity (Wildman–Crippen MR) is 84.6 cm³/mol. The van der Waals surface area contributed by atoms with Gasteiger partial charge in [-0.2, -0.15) is 0 Å². The Morgan fingerprint density at radius 1 is 0.789 bits per heavy atom. The quantitative estimate of drug-likeness (QED) is 0.506. The van der Waals surface area contributed by atoms with Crippen LogP contribution in [-0.2, 0) is 4.74 Å². The minimum absolute atomic E-state index is 0.303. The molecule has 19 heavy (non-hydrogen) atoms. The molecule has 0 fully saturated rings. The van der Waals surface area contributed by atoms with Crippen molar-refractivity contribution >= 4 is 0 Å². The first-order chi connectivity index (χ1) is 9.18. The highest BCUT2D eigenvalue weighted by Gasteiger charge is 2.15. The van der Waals surface area contributed by atoms with Crippen LogP contribution in [0.2, 0.25) is 0 Å². The molecule has 0 aliphatic heterocycles. The molecule has 0 radical (unpaired) electrons. The maximum atomic E-state index is 5.88. The van der Waals surface area contributed by atoms with Gasteiger partial charge in [0.25, 0.3) is 0 Å². The van der Waals surface area contributed by atoms with E-state index in [1.807, 2.05) is 12.2 Å². The van der Waals surface area contributed by atoms with Crippen molar-refractivity contribution in [1.29, 1.82) is 0 Å². The van der Waals surface area contributed by atoms with E-state index in [0.29, 0.717) is 25.3 Å². The molecule has 0 aliphatic carbocycles. The molecule has 0 aromatic heterocycles. The lowest BCUT2D eigenvalue weighted by molar-refractivity contribution is 0.0499. The maximum Gasteiger partial charge on any atom is 0.0658 e. The van der Waals surface area contributed by atoms with E-state index in [4.69, 9.17) is 4.74 Å². The van der Waals surface area contributed by atoms with Crippen molar-refractivity contribution in [2.45, 2.75) is 39.8 Å². The Bertz CT molecular complexity index is 211. The Balaban J connectivity index is 4.23. The SMILES string of the molecule is C=CC(COCC(C=C)N(CC)CC)N(CC)CC. The molecule has 0 bridgehead atoms. The first-order valence-electron chi connectivity index (χ1n) is 7.49. The van der Waals surface area contributed by atoms with Gasteiger partial charge in [0.15, 0.2) is 0 Å². The zero-order valence-corrected chi connectivity index (χ0v) is 13.3. The van der Waals surface area contributed by atoms with Crippen LogP contribution in [0.15, 0.2) is 25.3 Å². The average Bonchev–Trinajstić information content (AvgIpc) is 2.45. The molecule has 0 aromatic carbocycles.